The molecule has 0 bridgehead atoms. The van der Waals surface area contributed by atoms with Crippen molar-refractivity contribution in [2.45, 2.75) is 19.9 Å². The number of nitrogens with zero attached hydrogens (tertiary/aromatic N) is 2. The Balaban J connectivity index is 2.26. The van der Waals surface area contributed by atoms with Gasteiger partial charge < -0.3 is 9.84 Å². The fourth-order valence-corrected chi connectivity index (χ4v) is 1.56. The Labute approximate surface area is 103 Å². The second-order valence-electron chi connectivity index (χ2n) is 3.86. The molecule has 2 aromatic rings. The maximum atomic E-state index is 13.1. The molecular weight excluding hydrogens is 240 g/mol. The van der Waals surface area contributed by atoms with Crippen LogP contribution in [0, 0.1) is 11.6 Å². The number of benzene rings is 1. The van der Waals surface area contributed by atoms with Crippen molar-refractivity contribution in [3.8, 4) is 11.4 Å². The summed E-state index contributed by atoms with van der Waals surface area (Å²) in [6.07, 6.45) is 0. The summed E-state index contributed by atoms with van der Waals surface area (Å²) in [5.41, 5.74) is 0.382. The second-order valence-corrected chi connectivity index (χ2v) is 3.86. The van der Waals surface area contributed by atoms with Gasteiger partial charge in [0, 0.05) is 5.56 Å². The molecule has 0 radical (unpaired) electrons. The van der Waals surface area contributed by atoms with Crippen molar-refractivity contribution in [3.63, 3.8) is 0 Å². The zero-order chi connectivity index (χ0) is 13.1. The highest BCUT2D eigenvalue weighted by atomic mass is 19.2. The van der Waals surface area contributed by atoms with Crippen molar-refractivity contribution in [2.75, 3.05) is 6.54 Å². The molecule has 0 saturated carbocycles. The van der Waals surface area contributed by atoms with Crippen LogP contribution >= 0.6 is 0 Å². The van der Waals surface area contributed by atoms with Crippen LogP contribution in [0.5, 0.6) is 0 Å². The first-order valence-electron chi connectivity index (χ1n) is 5.64. The summed E-state index contributed by atoms with van der Waals surface area (Å²) in [6.45, 7) is 4.61. The molecule has 2 rings (SSSR count). The van der Waals surface area contributed by atoms with Crippen molar-refractivity contribution >= 4 is 0 Å². The van der Waals surface area contributed by atoms with E-state index in [2.05, 4.69) is 15.5 Å². The van der Waals surface area contributed by atoms with Gasteiger partial charge in [-0.1, -0.05) is 12.1 Å². The van der Waals surface area contributed by atoms with E-state index in [0.717, 1.165) is 18.7 Å². The first kappa shape index (κ1) is 12.6. The van der Waals surface area contributed by atoms with Crippen LogP contribution in [-0.2, 0) is 0 Å². The Bertz CT molecular complexity index is 542. The topological polar surface area (TPSA) is 51.0 Å². The summed E-state index contributed by atoms with van der Waals surface area (Å²) in [5, 5.41) is 6.86. The minimum Gasteiger partial charge on any atom is -0.337 e. The van der Waals surface area contributed by atoms with E-state index in [4.69, 9.17) is 4.52 Å². The largest absolute Gasteiger partial charge is 0.337 e. The predicted octanol–water partition coefficient (Wildman–Crippen LogP) is 2.69. The van der Waals surface area contributed by atoms with Crippen molar-refractivity contribution in [2.24, 2.45) is 0 Å². The fourth-order valence-electron chi connectivity index (χ4n) is 1.56. The van der Waals surface area contributed by atoms with Crippen LogP contribution in [0.1, 0.15) is 25.8 Å². The van der Waals surface area contributed by atoms with Gasteiger partial charge in [0.15, 0.2) is 11.6 Å². The van der Waals surface area contributed by atoms with Crippen LogP contribution in [0.2, 0.25) is 0 Å². The Morgan fingerprint density at radius 2 is 2.11 bits per heavy atom. The van der Waals surface area contributed by atoms with E-state index >= 15 is 0 Å². The Hall–Kier alpha value is -1.82. The molecule has 1 aromatic heterocycles. The van der Waals surface area contributed by atoms with E-state index in [1.165, 1.54) is 6.07 Å². The van der Waals surface area contributed by atoms with Gasteiger partial charge in [-0.05, 0) is 31.7 Å². The average molecular weight is 253 g/mol. The first-order valence-corrected chi connectivity index (χ1v) is 5.64. The monoisotopic (exact) mass is 253 g/mol. The van der Waals surface area contributed by atoms with E-state index < -0.39 is 11.6 Å². The second kappa shape index (κ2) is 5.22. The van der Waals surface area contributed by atoms with Gasteiger partial charge in [-0.25, -0.2) is 8.78 Å². The predicted molar refractivity (Wildman–Crippen MR) is 61.7 cm³/mol. The molecule has 96 valence electrons. The van der Waals surface area contributed by atoms with Crippen molar-refractivity contribution in [1.29, 1.82) is 0 Å². The van der Waals surface area contributed by atoms with E-state index in [0.29, 0.717) is 11.5 Å². The molecule has 1 unspecified atom stereocenters. The molecular formula is C12H13F2N3O. The summed E-state index contributed by atoms with van der Waals surface area (Å²) in [5.74, 6) is -1.17. The fraction of sp³-hybridized carbons (Fsp3) is 0.333. The zero-order valence-corrected chi connectivity index (χ0v) is 10.1. The molecule has 0 aliphatic heterocycles. The zero-order valence-electron chi connectivity index (χ0n) is 10.1. The summed E-state index contributed by atoms with van der Waals surface area (Å²) < 4.78 is 30.9. The Kier molecular flexibility index (Phi) is 3.66. The van der Waals surface area contributed by atoms with Crippen LogP contribution in [0.25, 0.3) is 11.4 Å². The highest BCUT2D eigenvalue weighted by molar-refractivity contribution is 5.54. The lowest BCUT2D eigenvalue weighted by atomic mass is 10.2. The van der Waals surface area contributed by atoms with Gasteiger partial charge in [-0.2, -0.15) is 4.98 Å². The van der Waals surface area contributed by atoms with Gasteiger partial charge in [0.25, 0.3) is 0 Å². The molecule has 1 heterocycles. The van der Waals surface area contributed by atoms with Crippen LogP contribution in [0.4, 0.5) is 8.78 Å². The lowest BCUT2D eigenvalue weighted by Crippen LogP contribution is -2.17. The molecule has 0 aliphatic carbocycles. The average Bonchev–Trinajstić information content (AvgIpc) is 2.82. The molecule has 1 N–H and O–H groups in total. The van der Waals surface area contributed by atoms with E-state index in [9.17, 15) is 8.78 Å². The molecule has 1 aromatic carbocycles. The third-order valence-corrected chi connectivity index (χ3v) is 2.50. The standard InChI is InChI=1S/C12H13F2N3O/c1-3-15-7(2)12-16-11(17-18-12)8-4-5-9(13)10(14)6-8/h4-7,15H,3H2,1-2H3. The first-order chi connectivity index (χ1) is 8.61. The number of nitrogens with one attached hydrogen (secondary N) is 1. The van der Waals surface area contributed by atoms with Crippen LogP contribution in [-0.4, -0.2) is 16.7 Å². The number of aromatic nitrogens is 2. The van der Waals surface area contributed by atoms with Crippen LogP contribution in [0.3, 0.4) is 0 Å². The Morgan fingerprint density at radius 3 is 2.78 bits per heavy atom. The molecule has 4 nitrogen and oxygen atoms in total. The quantitative estimate of drug-likeness (QED) is 0.910. The summed E-state index contributed by atoms with van der Waals surface area (Å²) in [7, 11) is 0. The molecule has 0 saturated heterocycles. The minimum atomic E-state index is -0.932. The molecule has 18 heavy (non-hydrogen) atoms. The van der Waals surface area contributed by atoms with Gasteiger partial charge in [-0.3, -0.25) is 0 Å². The van der Waals surface area contributed by atoms with Crippen molar-refractivity contribution < 1.29 is 13.3 Å². The van der Waals surface area contributed by atoms with Gasteiger partial charge in [0.1, 0.15) is 0 Å². The van der Waals surface area contributed by atoms with E-state index in [1.54, 1.807) is 0 Å². The maximum absolute atomic E-state index is 13.1. The van der Waals surface area contributed by atoms with Gasteiger partial charge in [0.05, 0.1) is 6.04 Å². The number of hydrogen-bond acceptors (Lipinski definition) is 4. The number of halogens is 2. The van der Waals surface area contributed by atoms with Crippen molar-refractivity contribution in [1.82, 2.24) is 15.5 Å². The van der Waals surface area contributed by atoms with Gasteiger partial charge >= 0.3 is 0 Å². The smallest absolute Gasteiger partial charge is 0.243 e. The minimum absolute atomic E-state index is 0.0819. The molecule has 0 spiro atoms. The van der Waals surface area contributed by atoms with Gasteiger partial charge in [0.2, 0.25) is 11.7 Å². The summed E-state index contributed by atoms with van der Waals surface area (Å²) in [4.78, 5) is 4.14. The lowest BCUT2D eigenvalue weighted by molar-refractivity contribution is 0.342. The highest BCUT2D eigenvalue weighted by Crippen LogP contribution is 2.20. The molecule has 0 aliphatic rings. The molecule has 1 atom stereocenters. The summed E-state index contributed by atoms with van der Waals surface area (Å²) in [6, 6.07) is 3.41. The Morgan fingerprint density at radius 1 is 1.33 bits per heavy atom. The van der Waals surface area contributed by atoms with Crippen molar-refractivity contribution in [3.05, 3.63) is 35.7 Å². The normalized spacial score (nSPS) is 12.7. The van der Waals surface area contributed by atoms with Crippen LogP contribution in [0.15, 0.2) is 22.7 Å². The lowest BCUT2D eigenvalue weighted by Gasteiger charge is -2.05. The van der Waals surface area contributed by atoms with E-state index in [-0.39, 0.29) is 11.9 Å². The van der Waals surface area contributed by atoms with E-state index in [1.807, 2.05) is 13.8 Å². The summed E-state index contributed by atoms with van der Waals surface area (Å²) >= 11 is 0. The number of rotatable bonds is 4. The van der Waals surface area contributed by atoms with Gasteiger partial charge in [-0.15, -0.1) is 0 Å². The van der Waals surface area contributed by atoms with Crippen LogP contribution < -0.4 is 5.32 Å². The SMILES string of the molecule is CCNC(C)c1nc(-c2ccc(F)c(F)c2)no1. The number of hydrogen-bond donors (Lipinski definition) is 1. The molecule has 0 fully saturated rings. The molecule has 0 amide bonds. The third-order valence-electron chi connectivity index (χ3n) is 2.50. The highest BCUT2D eigenvalue weighted by Gasteiger charge is 2.15. The maximum Gasteiger partial charge on any atom is 0.243 e. The molecule has 6 heteroatoms. The third kappa shape index (κ3) is 2.53.